The van der Waals surface area contributed by atoms with Crippen LogP contribution in [0.4, 0.5) is 0 Å². The fraction of sp³-hybridized carbons (Fsp3) is 0.556. The average Bonchev–Trinajstić information content (AvgIpc) is 2.44. The van der Waals surface area contributed by atoms with E-state index in [4.69, 9.17) is 16.7 Å². The summed E-state index contributed by atoms with van der Waals surface area (Å²) >= 11 is 5.83. The van der Waals surface area contributed by atoms with Crippen LogP contribution in [0.25, 0.3) is 0 Å². The Kier molecular flexibility index (Phi) is 3.16. The molecule has 2 unspecified atom stereocenters. The second-order valence-corrected chi connectivity index (χ2v) is 3.82. The lowest BCUT2D eigenvalue weighted by atomic mass is 10.1. The molecule has 4 nitrogen and oxygen atoms in total. The van der Waals surface area contributed by atoms with E-state index < -0.39 is 11.9 Å². The number of hydrogen-bond donors (Lipinski definition) is 1. The summed E-state index contributed by atoms with van der Waals surface area (Å²) < 4.78 is 1.59. The first kappa shape index (κ1) is 11.0. The molecule has 0 aliphatic heterocycles. The van der Waals surface area contributed by atoms with Gasteiger partial charge < -0.3 is 5.11 Å². The minimum atomic E-state index is -0.832. The standard InChI is InChI=1S/C9H13ClN2O2/c1-5(9(13)14)7(3)12-4-8(10)6(2)11-12/h4-5,7H,1-3H3,(H,13,14). The van der Waals surface area contributed by atoms with Gasteiger partial charge in [0.1, 0.15) is 0 Å². The van der Waals surface area contributed by atoms with E-state index in [-0.39, 0.29) is 6.04 Å². The Labute approximate surface area is 87.5 Å². The molecular weight excluding hydrogens is 204 g/mol. The highest BCUT2D eigenvalue weighted by Gasteiger charge is 2.21. The van der Waals surface area contributed by atoms with E-state index in [1.165, 1.54) is 0 Å². The molecule has 0 bridgehead atoms. The largest absolute Gasteiger partial charge is 0.481 e. The molecule has 0 fully saturated rings. The van der Waals surface area contributed by atoms with Crippen LogP contribution in [-0.4, -0.2) is 20.9 Å². The molecule has 2 atom stereocenters. The lowest BCUT2D eigenvalue weighted by Gasteiger charge is -2.16. The van der Waals surface area contributed by atoms with Gasteiger partial charge in [-0.3, -0.25) is 9.48 Å². The summed E-state index contributed by atoms with van der Waals surface area (Å²) in [6.45, 7) is 5.25. The SMILES string of the molecule is Cc1nn(C(C)C(C)C(=O)O)cc1Cl. The van der Waals surface area contributed by atoms with Crippen LogP contribution in [-0.2, 0) is 4.79 Å². The summed E-state index contributed by atoms with van der Waals surface area (Å²) in [6.07, 6.45) is 1.65. The van der Waals surface area contributed by atoms with Crippen molar-refractivity contribution in [2.45, 2.75) is 26.8 Å². The van der Waals surface area contributed by atoms with Crippen molar-refractivity contribution >= 4 is 17.6 Å². The zero-order valence-corrected chi connectivity index (χ0v) is 9.12. The van der Waals surface area contributed by atoms with Gasteiger partial charge in [-0.1, -0.05) is 11.6 Å². The molecule has 0 spiro atoms. The molecule has 1 heterocycles. The van der Waals surface area contributed by atoms with Gasteiger partial charge in [-0.25, -0.2) is 0 Å². The van der Waals surface area contributed by atoms with E-state index in [2.05, 4.69) is 5.10 Å². The van der Waals surface area contributed by atoms with E-state index in [9.17, 15) is 4.79 Å². The molecule has 0 saturated carbocycles. The number of carboxylic acid groups (broad SMARTS) is 1. The summed E-state index contributed by atoms with van der Waals surface area (Å²) in [5.41, 5.74) is 0.719. The number of carbonyl (C=O) groups is 1. The van der Waals surface area contributed by atoms with Crippen LogP contribution >= 0.6 is 11.6 Å². The van der Waals surface area contributed by atoms with Crippen LogP contribution in [0.15, 0.2) is 6.20 Å². The number of carboxylic acids is 1. The molecule has 1 rings (SSSR count). The third-order valence-electron chi connectivity index (χ3n) is 2.39. The Bertz CT molecular complexity index is 329. The van der Waals surface area contributed by atoms with Gasteiger partial charge in [0.15, 0.2) is 0 Å². The molecule has 0 saturated heterocycles. The van der Waals surface area contributed by atoms with E-state index in [1.807, 2.05) is 6.92 Å². The molecule has 0 aliphatic rings. The molecule has 0 radical (unpaired) electrons. The molecule has 1 aromatic heterocycles. The maximum absolute atomic E-state index is 10.7. The molecular formula is C9H13ClN2O2. The van der Waals surface area contributed by atoms with Crippen molar-refractivity contribution in [3.63, 3.8) is 0 Å². The lowest BCUT2D eigenvalue weighted by Crippen LogP contribution is -2.22. The zero-order chi connectivity index (χ0) is 10.9. The van der Waals surface area contributed by atoms with Gasteiger partial charge in [0.2, 0.25) is 0 Å². The van der Waals surface area contributed by atoms with Gasteiger partial charge in [0.05, 0.1) is 22.7 Å². The zero-order valence-electron chi connectivity index (χ0n) is 8.36. The van der Waals surface area contributed by atoms with Crippen molar-refractivity contribution in [3.8, 4) is 0 Å². The van der Waals surface area contributed by atoms with Crippen LogP contribution in [0.2, 0.25) is 5.02 Å². The third kappa shape index (κ3) is 2.07. The van der Waals surface area contributed by atoms with Gasteiger partial charge in [-0.2, -0.15) is 5.10 Å². The second-order valence-electron chi connectivity index (χ2n) is 3.41. The molecule has 1 aromatic rings. The van der Waals surface area contributed by atoms with Crippen molar-refractivity contribution in [2.75, 3.05) is 0 Å². The number of aliphatic carboxylic acids is 1. The Balaban J connectivity index is 2.89. The highest BCUT2D eigenvalue weighted by atomic mass is 35.5. The fourth-order valence-electron chi connectivity index (χ4n) is 1.10. The second kappa shape index (κ2) is 4.00. The van der Waals surface area contributed by atoms with Gasteiger partial charge in [-0.15, -0.1) is 0 Å². The van der Waals surface area contributed by atoms with Crippen LogP contribution in [0.1, 0.15) is 25.6 Å². The van der Waals surface area contributed by atoms with Gasteiger partial charge in [0.25, 0.3) is 0 Å². The topological polar surface area (TPSA) is 55.1 Å². The molecule has 14 heavy (non-hydrogen) atoms. The first-order valence-corrected chi connectivity index (χ1v) is 4.75. The minimum Gasteiger partial charge on any atom is -0.481 e. The first-order chi connectivity index (χ1) is 6.43. The Morgan fingerprint density at radius 1 is 1.64 bits per heavy atom. The number of aryl methyl sites for hydroxylation is 1. The molecule has 0 amide bonds. The van der Waals surface area contributed by atoms with Crippen molar-refractivity contribution in [1.82, 2.24) is 9.78 Å². The summed E-state index contributed by atoms with van der Waals surface area (Å²) in [5, 5.41) is 13.5. The predicted octanol–water partition coefficient (Wildman–Crippen LogP) is 2.13. The molecule has 0 aliphatic carbocycles. The quantitative estimate of drug-likeness (QED) is 0.842. The van der Waals surface area contributed by atoms with Crippen LogP contribution < -0.4 is 0 Å². The van der Waals surface area contributed by atoms with Gasteiger partial charge in [-0.05, 0) is 20.8 Å². The normalized spacial score (nSPS) is 15.1. The van der Waals surface area contributed by atoms with Gasteiger partial charge >= 0.3 is 5.97 Å². The van der Waals surface area contributed by atoms with E-state index in [1.54, 1.807) is 24.7 Å². The third-order valence-corrected chi connectivity index (χ3v) is 2.76. The van der Waals surface area contributed by atoms with Crippen molar-refractivity contribution in [2.24, 2.45) is 5.92 Å². The van der Waals surface area contributed by atoms with Crippen LogP contribution in [0.5, 0.6) is 0 Å². The highest BCUT2D eigenvalue weighted by Crippen LogP contribution is 2.21. The fourth-order valence-corrected chi connectivity index (χ4v) is 1.24. The summed E-state index contributed by atoms with van der Waals surface area (Å²) in [4.78, 5) is 10.7. The number of halogens is 1. The van der Waals surface area contributed by atoms with Gasteiger partial charge in [0, 0.05) is 6.20 Å². The monoisotopic (exact) mass is 216 g/mol. The van der Waals surface area contributed by atoms with E-state index in [0.717, 1.165) is 5.69 Å². The molecule has 0 aromatic carbocycles. The number of hydrogen-bond acceptors (Lipinski definition) is 2. The summed E-state index contributed by atoms with van der Waals surface area (Å²) in [5.74, 6) is -1.31. The van der Waals surface area contributed by atoms with Crippen molar-refractivity contribution in [1.29, 1.82) is 0 Å². The lowest BCUT2D eigenvalue weighted by molar-refractivity contribution is -0.142. The summed E-state index contributed by atoms with van der Waals surface area (Å²) in [6, 6.07) is -0.196. The maximum Gasteiger partial charge on any atom is 0.308 e. The number of aromatic nitrogens is 2. The highest BCUT2D eigenvalue weighted by molar-refractivity contribution is 6.31. The molecule has 78 valence electrons. The number of nitrogens with zero attached hydrogens (tertiary/aromatic N) is 2. The van der Waals surface area contributed by atoms with Crippen LogP contribution in [0.3, 0.4) is 0 Å². The van der Waals surface area contributed by atoms with Crippen molar-refractivity contribution < 1.29 is 9.90 Å². The summed E-state index contributed by atoms with van der Waals surface area (Å²) in [7, 11) is 0. The Morgan fingerprint density at radius 3 is 2.57 bits per heavy atom. The van der Waals surface area contributed by atoms with E-state index in [0.29, 0.717) is 5.02 Å². The molecule has 5 heteroatoms. The van der Waals surface area contributed by atoms with Crippen LogP contribution in [0, 0.1) is 12.8 Å². The first-order valence-electron chi connectivity index (χ1n) is 4.37. The predicted molar refractivity (Wildman–Crippen MR) is 53.5 cm³/mol. The smallest absolute Gasteiger partial charge is 0.308 e. The Hall–Kier alpha value is -1.03. The molecule has 1 N–H and O–H groups in total. The van der Waals surface area contributed by atoms with Crippen molar-refractivity contribution in [3.05, 3.63) is 16.9 Å². The maximum atomic E-state index is 10.7. The Morgan fingerprint density at radius 2 is 2.21 bits per heavy atom. The average molecular weight is 217 g/mol. The number of rotatable bonds is 3. The minimum absolute atomic E-state index is 0.196. The van der Waals surface area contributed by atoms with E-state index >= 15 is 0 Å².